The first-order valence-electron chi connectivity index (χ1n) is 8.22. The molecule has 2 nitrogen and oxygen atoms in total. The van der Waals surface area contributed by atoms with Crippen molar-refractivity contribution in [2.24, 2.45) is 0 Å². The molecule has 2 N–H and O–H groups in total. The summed E-state index contributed by atoms with van der Waals surface area (Å²) in [6.45, 7) is 3.53. The predicted octanol–water partition coefficient (Wildman–Crippen LogP) is 4.42. The quantitative estimate of drug-likeness (QED) is 0.636. The second-order valence-corrected chi connectivity index (χ2v) is 6.48. The Morgan fingerprint density at radius 2 is 1.70 bits per heavy atom. The molecular formula is C18H30N2. The number of nitrogens with two attached hydrogens (primary N) is 1. The van der Waals surface area contributed by atoms with Gasteiger partial charge in [0.25, 0.3) is 0 Å². The molecule has 2 rings (SSSR count). The zero-order valence-corrected chi connectivity index (χ0v) is 13.1. The Labute approximate surface area is 124 Å². The molecule has 1 aliphatic rings. The molecule has 0 bridgehead atoms. The molecule has 0 spiro atoms. The maximum absolute atomic E-state index is 5.75. The largest absolute Gasteiger partial charge is 0.399 e. The number of rotatable bonds is 5. The summed E-state index contributed by atoms with van der Waals surface area (Å²) in [5.41, 5.74) is 8.02. The van der Waals surface area contributed by atoms with E-state index in [-0.39, 0.29) is 0 Å². The molecule has 112 valence electrons. The van der Waals surface area contributed by atoms with E-state index in [2.05, 4.69) is 31.0 Å². The van der Waals surface area contributed by atoms with Gasteiger partial charge in [0.2, 0.25) is 0 Å². The second-order valence-electron chi connectivity index (χ2n) is 6.48. The van der Waals surface area contributed by atoms with Crippen molar-refractivity contribution in [3.63, 3.8) is 0 Å². The minimum atomic E-state index is 0.615. The van der Waals surface area contributed by atoms with E-state index in [0.29, 0.717) is 5.92 Å². The van der Waals surface area contributed by atoms with Gasteiger partial charge in [0, 0.05) is 11.7 Å². The summed E-state index contributed by atoms with van der Waals surface area (Å²) in [7, 11) is 2.31. The average Bonchev–Trinajstić information content (AvgIpc) is 2.74. The van der Waals surface area contributed by atoms with E-state index in [0.717, 1.165) is 11.7 Å². The fraction of sp³-hybridized carbons (Fsp3) is 0.667. The Morgan fingerprint density at radius 3 is 2.30 bits per heavy atom. The highest BCUT2D eigenvalue weighted by molar-refractivity contribution is 5.40. The van der Waals surface area contributed by atoms with Crippen LogP contribution in [-0.4, -0.2) is 24.5 Å². The van der Waals surface area contributed by atoms with E-state index < -0.39 is 0 Å². The van der Waals surface area contributed by atoms with Crippen LogP contribution >= 0.6 is 0 Å². The second kappa shape index (κ2) is 7.68. The van der Waals surface area contributed by atoms with Crippen molar-refractivity contribution in [3.8, 4) is 0 Å². The van der Waals surface area contributed by atoms with Crippen LogP contribution < -0.4 is 5.73 Å². The molecule has 0 aromatic heterocycles. The first-order chi connectivity index (χ1) is 9.66. The van der Waals surface area contributed by atoms with Crippen LogP contribution in [0, 0.1) is 0 Å². The third-order valence-electron chi connectivity index (χ3n) is 4.87. The van der Waals surface area contributed by atoms with Gasteiger partial charge in [0.1, 0.15) is 0 Å². The van der Waals surface area contributed by atoms with E-state index in [9.17, 15) is 0 Å². The van der Waals surface area contributed by atoms with E-state index in [1.807, 2.05) is 12.1 Å². The van der Waals surface area contributed by atoms with Crippen LogP contribution in [0.1, 0.15) is 63.4 Å². The zero-order chi connectivity index (χ0) is 14.4. The van der Waals surface area contributed by atoms with E-state index in [1.54, 1.807) is 0 Å². The molecular weight excluding hydrogens is 244 g/mol. The normalized spacial score (nSPS) is 18.9. The molecule has 0 radical (unpaired) electrons. The summed E-state index contributed by atoms with van der Waals surface area (Å²) in [5, 5.41) is 0. The van der Waals surface area contributed by atoms with E-state index in [4.69, 9.17) is 5.73 Å². The van der Waals surface area contributed by atoms with Crippen LogP contribution in [0.2, 0.25) is 0 Å². The van der Waals surface area contributed by atoms with Crippen molar-refractivity contribution in [2.75, 3.05) is 19.3 Å². The maximum Gasteiger partial charge on any atom is 0.0314 e. The van der Waals surface area contributed by atoms with E-state index in [1.165, 1.54) is 57.1 Å². The minimum Gasteiger partial charge on any atom is -0.399 e. The molecule has 0 saturated heterocycles. The fourth-order valence-electron chi connectivity index (χ4n) is 3.27. The Bertz CT molecular complexity index is 377. The van der Waals surface area contributed by atoms with Gasteiger partial charge in [-0.15, -0.1) is 0 Å². The van der Waals surface area contributed by atoms with Crippen LogP contribution in [0.15, 0.2) is 24.3 Å². The molecule has 1 aliphatic carbocycles. The maximum atomic E-state index is 5.75. The topological polar surface area (TPSA) is 29.3 Å². The Morgan fingerprint density at radius 1 is 1.10 bits per heavy atom. The van der Waals surface area contributed by atoms with Crippen molar-refractivity contribution < 1.29 is 0 Å². The molecule has 1 unspecified atom stereocenters. The zero-order valence-electron chi connectivity index (χ0n) is 13.1. The number of anilines is 1. The number of hydrogen-bond acceptors (Lipinski definition) is 2. The standard InChI is InChI=1S/C18H30N2/c1-15(16-9-11-17(19)12-10-16)13-14-20(2)18-7-5-3-4-6-8-18/h9-12,15,18H,3-8,13-14,19H2,1-2H3. The van der Waals surface area contributed by atoms with Crippen molar-refractivity contribution in [1.82, 2.24) is 4.90 Å². The number of nitrogen functional groups attached to an aromatic ring is 1. The molecule has 0 aliphatic heterocycles. The smallest absolute Gasteiger partial charge is 0.0314 e. The van der Waals surface area contributed by atoms with Crippen molar-refractivity contribution in [2.45, 2.75) is 63.8 Å². The average molecular weight is 274 g/mol. The van der Waals surface area contributed by atoms with Crippen LogP contribution in [0.3, 0.4) is 0 Å². The number of hydrogen-bond donors (Lipinski definition) is 1. The van der Waals surface area contributed by atoms with Crippen molar-refractivity contribution in [3.05, 3.63) is 29.8 Å². The van der Waals surface area contributed by atoms with Crippen molar-refractivity contribution in [1.29, 1.82) is 0 Å². The summed E-state index contributed by atoms with van der Waals surface area (Å²) >= 11 is 0. The van der Waals surface area contributed by atoms with Gasteiger partial charge in [0.15, 0.2) is 0 Å². The van der Waals surface area contributed by atoms with Gasteiger partial charge in [-0.1, -0.05) is 44.7 Å². The lowest BCUT2D eigenvalue weighted by atomic mass is 9.97. The van der Waals surface area contributed by atoms with Gasteiger partial charge >= 0.3 is 0 Å². The SMILES string of the molecule is CC(CCN(C)C1CCCCCC1)c1ccc(N)cc1. The summed E-state index contributed by atoms with van der Waals surface area (Å²) in [5.74, 6) is 0.615. The van der Waals surface area contributed by atoms with Gasteiger partial charge in [0.05, 0.1) is 0 Å². The molecule has 1 atom stereocenters. The van der Waals surface area contributed by atoms with Crippen LogP contribution in [0.4, 0.5) is 5.69 Å². The summed E-state index contributed by atoms with van der Waals surface area (Å²) < 4.78 is 0. The highest BCUT2D eigenvalue weighted by Gasteiger charge is 2.17. The molecule has 1 saturated carbocycles. The molecule has 1 aromatic carbocycles. The monoisotopic (exact) mass is 274 g/mol. The first-order valence-corrected chi connectivity index (χ1v) is 8.22. The first kappa shape index (κ1) is 15.4. The third kappa shape index (κ3) is 4.52. The lowest BCUT2D eigenvalue weighted by Gasteiger charge is -2.28. The lowest BCUT2D eigenvalue weighted by molar-refractivity contribution is 0.214. The van der Waals surface area contributed by atoms with Gasteiger partial charge in [-0.3, -0.25) is 0 Å². The summed E-state index contributed by atoms with van der Waals surface area (Å²) in [4.78, 5) is 2.60. The molecule has 1 aromatic rings. The number of nitrogens with zero attached hydrogens (tertiary/aromatic N) is 1. The van der Waals surface area contributed by atoms with Gasteiger partial charge in [-0.25, -0.2) is 0 Å². The van der Waals surface area contributed by atoms with Crippen LogP contribution in [0.25, 0.3) is 0 Å². The predicted molar refractivity (Wildman–Crippen MR) is 88.0 cm³/mol. The molecule has 0 heterocycles. The Kier molecular flexibility index (Phi) is 5.90. The van der Waals surface area contributed by atoms with Crippen LogP contribution in [0.5, 0.6) is 0 Å². The van der Waals surface area contributed by atoms with Gasteiger partial charge < -0.3 is 10.6 Å². The molecule has 0 amide bonds. The Hall–Kier alpha value is -1.02. The fourth-order valence-corrected chi connectivity index (χ4v) is 3.27. The van der Waals surface area contributed by atoms with Crippen molar-refractivity contribution >= 4 is 5.69 Å². The summed E-state index contributed by atoms with van der Waals surface area (Å²) in [6, 6.07) is 9.19. The Balaban J connectivity index is 1.79. The molecule has 1 fully saturated rings. The molecule has 20 heavy (non-hydrogen) atoms. The highest BCUT2D eigenvalue weighted by atomic mass is 15.1. The number of benzene rings is 1. The highest BCUT2D eigenvalue weighted by Crippen LogP contribution is 2.24. The lowest BCUT2D eigenvalue weighted by Crippen LogP contribution is -2.32. The van der Waals surface area contributed by atoms with Gasteiger partial charge in [-0.05, 0) is 56.5 Å². The summed E-state index contributed by atoms with van der Waals surface area (Å²) in [6.07, 6.45) is 9.74. The molecule has 2 heteroatoms. The van der Waals surface area contributed by atoms with Crippen LogP contribution in [-0.2, 0) is 0 Å². The minimum absolute atomic E-state index is 0.615. The third-order valence-corrected chi connectivity index (χ3v) is 4.87. The van der Waals surface area contributed by atoms with E-state index >= 15 is 0 Å². The van der Waals surface area contributed by atoms with Gasteiger partial charge in [-0.2, -0.15) is 0 Å².